The zero-order chi connectivity index (χ0) is 10.7. The van der Waals surface area contributed by atoms with E-state index >= 15 is 0 Å². The minimum absolute atomic E-state index is 0.0931. The third-order valence-electron chi connectivity index (χ3n) is 2.38. The van der Waals surface area contributed by atoms with Crippen molar-refractivity contribution in [2.24, 2.45) is 17.5 Å². The first kappa shape index (κ1) is 11.1. The summed E-state index contributed by atoms with van der Waals surface area (Å²) in [5.41, 5.74) is 4.81. The molecule has 0 atom stereocenters. The van der Waals surface area contributed by atoms with E-state index in [4.69, 9.17) is 28.3 Å². The van der Waals surface area contributed by atoms with Crippen molar-refractivity contribution in [1.29, 1.82) is 0 Å². The second-order valence-corrected chi connectivity index (χ2v) is 3.82. The molecule has 5 nitrogen and oxygen atoms in total. The molecular weight excluding hydrogens is 206 g/mol. The van der Waals surface area contributed by atoms with E-state index in [2.05, 4.69) is 0 Å². The van der Waals surface area contributed by atoms with Gasteiger partial charge in [0.2, 0.25) is 0 Å². The Labute approximate surface area is 87.3 Å². The van der Waals surface area contributed by atoms with E-state index in [9.17, 15) is 4.79 Å². The quantitative estimate of drug-likeness (QED) is 0.276. The topological polar surface area (TPSA) is 92.6 Å². The van der Waals surface area contributed by atoms with Crippen molar-refractivity contribution >= 4 is 17.6 Å². The number of hydrogen-bond acceptors (Lipinski definition) is 4. The summed E-state index contributed by atoms with van der Waals surface area (Å²) in [6.45, 7) is 0.562. The van der Waals surface area contributed by atoms with Gasteiger partial charge in [0.15, 0.2) is 5.70 Å². The number of nitrogens with zero attached hydrogens (tertiary/aromatic N) is 1. The average molecular weight is 220 g/mol. The molecule has 5 N–H and O–H groups in total. The molecule has 0 aromatic carbocycles. The molecule has 0 aromatic rings. The van der Waals surface area contributed by atoms with Crippen LogP contribution in [-0.4, -0.2) is 22.6 Å². The molecule has 1 saturated carbocycles. The van der Waals surface area contributed by atoms with Crippen LogP contribution >= 0.6 is 11.6 Å². The van der Waals surface area contributed by atoms with Crippen LogP contribution in [0.5, 0.6) is 0 Å². The van der Waals surface area contributed by atoms with E-state index in [0.29, 0.717) is 12.5 Å². The Morgan fingerprint density at radius 3 is 2.50 bits per heavy atom. The van der Waals surface area contributed by atoms with E-state index in [1.54, 1.807) is 0 Å². The number of halogens is 1. The lowest BCUT2D eigenvalue weighted by Gasteiger charge is -2.30. The van der Waals surface area contributed by atoms with Crippen molar-refractivity contribution in [2.45, 2.75) is 19.3 Å². The summed E-state index contributed by atoms with van der Waals surface area (Å²) in [7, 11) is 0. The maximum Gasteiger partial charge on any atom is 0.354 e. The van der Waals surface area contributed by atoms with Gasteiger partial charge in [0.05, 0.1) is 0 Å². The van der Waals surface area contributed by atoms with Gasteiger partial charge in [-0.2, -0.15) is 0 Å². The molecule has 1 fully saturated rings. The number of hydrazine groups is 1. The van der Waals surface area contributed by atoms with Gasteiger partial charge in [0.25, 0.3) is 0 Å². The van der Waals surface area contributed by atoms with Crippen molar-refractivity contribution < 1.29 is 9.90 Å². The zero-order valence-corrected chi connectivity index (χ0v) is 8.50. The Morgan fingerprint density at radius 2 is 2.14 bits per heavy atom. The second-order valence-electron chi connectivity index (χ2n) is 3.46. The Balaban J connectivity index is 2.53. The lowest BCUT2D eigenvalue weighted by molar-refractivity contribution is -0.132. The highest BCUT2D eigenvalue weighted by Crippen LogP contribution is 2.27. The molecule has 1 aliphatic carbocycles. The van der Waals surface area contributed by atoms with Crippen LogP contribution in [0.3, 0.4) is 0 Å². The second kappa shape index (κ2) is 4.52. The highest BCUT2D eigenvalue weighted by Gasteiger charge is 2.22. The molecule has 6 heteroatoms. The fraction of sp³-hybridized carbons (Fsp3) is 0.625. The van der Waals surface area contributed by atoms with Gasteiger partial charge in [0.1, 0.15) is 5.16 Å². The maximum absolute atomic E-state index is 10.5. The van der Waals surface area contributed by atoms with Gasteiger partial charge < -0.3 is 10.8 Å². The van der Waals surface area contributed by atoms with Crippen molar-refractivity contribution in [3.05, 3.63) is 10.9 Å². The maximum atomic E-state index is 10.5. The number of carbonyl (C=O) groups is 1. The summed E-state index contributed by atoms with van der Waals surface area (Å²) >= 11 is 5.68. The number of rotatable bonds is 4. The monoisotopic (exact) mass is 219 g/mol. The van der Waals surface area contributed by atoms with Gasteiger partial charge in [-0.05, 0) is 18.8 Å². The molecule has 0 unspecified atom stereocenters. The molecule has 1 rings (SSSR count). The molecule has 0 saturated heterocycles. The molecule has 0 bridgehead atoms. The summed E-state index contributed by atoms with van der Waals surface area (Å²) in [6.07, 6.45) is 3.43. The van der Waals surface area contributed by atoms with Crippen molar-refractivity contribution in [3.63, 3.8) is 0 Å². The van der Waals surface area contributed by atoms with Crippen LogP contribution in [-0.2, 0) is 4.79 Å². The lowest BCUT2D eigenvalue weighted by atomic mass is 9.85. The van der Waals surface area contributed by atoms with E-state index in [1.807, 2.05) is 0 Å². The third-order valence-corrected chi connectivity index (χ3v) is 2.81. The minimum atomic E-state index is -1.25. The molecule has 0 spiro atoms. The molecule has 0 aromatic heterocycles. The molecule has 0 radical (unpaired) electrons. The van der Waals surface area contributed by atoms with E-state index in [0.717, 1.165) is 12.8 Å². The van der Waals surface area contributed by atoms with Gasteiger partial charge in [-0.3, -0.25) is 5.01 Å². The number of aliphatic carboxylic acids is 1. The summed E-state index contributed by atoms with van der Waals surface area (Å²) in [4.78, 5) is 10.5. The standard InChI is InChI=1S/C8H14ClN3O2/c9-7(6(10)8(13)14)12(11)4-5-2-1-3-5/h5H,1-4,10-11H2,(H,13,14)/b7-6-. The molecule has 14 heavy (non-hydrogen) atoms. The smallest absolute Gasteiger partial charge is 0.354 e. The van der Waals surface area contributed by atoms with Crippen molar-refractivity contribution in [1.82, 2.24) is 5.01 Å². The fourth-order valence-electron chi connectivity index (χ4n) is 1.28. The number of hydrogen-bond donors (Lipinski definition) is 3. The van der Waals surface area contributed by atoms with Crippen molar-refractivity contribution in [3.8, 4) is 0 Å². The van der Waals surface area contributed by atoms with Gasteiger partial charge in [-0.25, -0.2) is 10.6 Å². The van der Waals surface area contributed by atoms with Crippen molar-refractivity contribution in [2.75, 3.05) is 6.54 Å². The van der Waals surface area contributed by atoms with Crippen LogP contribution in [0.2, 0.25) is 0 Å². The first-order chi connectivity index (χ1) is 6.52. The molecule has 0 heterocycles. The predicted octanol–water partition coefficient (Wildman–Crippen LogP) is 0.413. The van der Waals surface area contributed by atoms with E-state index in [-0.39, 0.29) is 5.16 Å². The summed E-state index contributed by atoms with van der Waals surface area (Å²) < 4.78 is 0. The van der Waals surface area contributed by atoms with Crippen LogP contribution in [0.4, 0.5) is 0 Å². The number of carboxylic acid groups (broad SMARTS) is 1. The normalized spacial score (nSPS) is 18.4. The third kappa shape index (κ3) is 2.52. The number of carboxylic acids is 1. The summed E-state index contributed by atoms with van der Waals surface area (Å²) in [6, 6.07) is 0. The van der Waals surface area contributed by atoms with Gasteiger partial charge in [-0.15, -0.1) is 0 Å². The fourth-order valence-corrected chi connectivity index (χ4v) is 1.43. The van der Waals surface area contributed by atoms with E-state index in [1.165, 1.54) is 11.4 Å². The predicted molar refractivity (Wildman–Crippen MR) is 52.9 cm³/mol. The summed E-state index contributed by atoms with van der Waals surface area (Å²) in [5.74, 6) is 4.83. The SMILES string of the molecule is N/C(C(=O)O)=C(/Cl)N(N)CC1CCC1. The minimum Gasteiger partial charge on any atom is -0.476 e. The highest BCUT2D eigenvalue weighted by molar-refractivity contribution is 6.31. The molecule has 0 amide bonds. The Kier molecular flexibility index (Phi) is 3.60. The average Bonchev–Trinajstić information content (AvgIpc) is 2.08. The van der Waals surface area contributed by atoms with Gasteiger partial charge in [-0.1, -0.05) is 18.0 Å². The number of nitrogens with two attached hydrogens (primary N) is 2. The zero-order valence-electron chi connectivity index (χ0n) is 7.74. The Bertz CT molecular complexity index is 263. The molecule has 80 valence electrons. The summed E-state index contributed by atoms with van der Waals surface area (Å²) in [5, 5.41) is 9.67. The Morgan fingerprint density at radius 1 is 1.57 bits per heavy atom. The highest BCUT2D eigenvalue weighted by atomic mass is 35.5. The Hall–Kier alpha value is -0.940. The van der Waals surface area contributed by atoms with Crippen LogP contribution < -0.4 is 11.6 Å². The largest absolute Gasteiger partial charge is 0.476 e. The van der Waals surface area contributed by atoms with Gasteiger partial charge >= 0.3 is 5.97 Å². The molecular formula is C8H14ClN3O2. The molecule has 0 aliphatic heterocycles. The van der Waals surface area contributed by atoms with Crippen LogP contribution in [0.25, 0.3) is 0 Å². The van der Waals surface area contributed by atoms with E-state index < -0.39 is 11.7 Å². The first-order valence-electron chi connectivity index (χ1n) is 4.43. The van der Waals surface area contributed by atoms with Gasteiger partial charge in [0, 0.05) is 6.54 Å². The van der Waals surface area contributed by atoms with Crippen LogP contribution in [0.1, 0.15) is 19.3 Å². The molecule has 1 aliphatic rings. The van der Waals surface area contributed by atoms with Crippen LogP contribution in [0, 0.1) is 5.92 Å². The lowest BCUT2D eigenvalue weighted by Crippen LogP contribution is -2.37. The van der Waals surface area contributed by atoms with Crippen LogP contribution in [0.15, 0.2) is 10.9 Å². The first-order valence-corrected chi connectivity index (χ1v) is 4.81.